The summed E-state index contributed by atoms with van der Waals surface area (Å²) >= 11 is 0. The average Bonchev–Trinajstić information content (AvgIpc) is 3.44. The number of amides is 1. The van der Waals surface area contributed by atoms with E-state index < -0.39 is 0 Å². The molecule has 1 unspecified atom stereocenters. The maximum absolute atomic E-state index is 12.5. The van der Waals surface area contributed by atoms with Crippen molar-refractivity contribution in [2.45, 2.75) is 104 Å². The zero-order valence-corrected chi connectivity index (χ0v) is 21.9. The number of carbonyl (C=O) groups excluding carboxylic acids is 1. The van der Waals surface area contributed by atoms with E-state index in [1.165, 1.54) is 44.9 Å². The van der Waals surface area contributed by atoms with Gasteiger partial charge in [0.05, 0.1) is 11.8 Å². The number of rotatable bonds is 4. The van der Waals surface area contributed by atoms with Crippen molar-refractivity contribution in [1.29, 1.82) is 0 Å². The van der Waals surface area contributed by atoms with Crippen LogP contribution < -0.4 is 5.32 Å². The number of likely N-dealkylation sites (N-methyl/N-ethyl adjacent to an activating group) is 1. The Morgan fingerprint density at radius 3 is 2.59 bits per heavy atom. The number of nitrogens with zero attached hydrogens (tertiary/aromatic N) is 2. The molecule has 0 radical (unpaired) electrons. The van der Waals surface area contributed by atoms with Crippen LogP contribution in [0.15, 0.2) is 5.16 Å². The fourth-order valence-electron chi connectivity index (χ4n) is 9.48. The zero-order chi connectivity index (χ0) is 24.1. The minimum absolute atomic E-state index is 0.0746. The van der Waals surface area contributed by atoms with Crippen LogP contribution in [0.4, 0.5) is 4.79 Å². The van der Waals surface area contributed by atoms with Crippen molar-refractivity contribution in [3.63, 3.8) is 0 Å². The molecule has 5 fully saturated rings. The first-order valence-electron chi connectivity index (χ1n) is 14.1. The zero-order valence-electron chi connectivity index (χ0n) is 21.9. The lowest BCUT2D eigenvalue weighted by Crippen LogP contribution is -2.54. The predicted molar refractivity (Wildman–Crippen MR) is 134 cm³/mol. The number of hydrogen-bond donors (Lipinski definition) is 2. The lowest BCUT2D eigenvalue weighted by molar-refractivity contribution is -0.123. The molecule has 1 aliphatic heterocycles. The van der Waals surface area contributed by atoms with Crippen LogP contribution in [0, 0.1) is 40.4 Å². The fraction of sp³-hybridized carbons (Fsp3) is 0.929. The first-order valence-corrected chi connectivity index (χ1v) is 14.1. The predicted octanol–water partition coefficient (Wildman–Crippen LogP) is 5.20. The summed E-state index contributed by atoms with van der Waals surface area (Å²) in [5.41, 5.74) is 1.68. The molecule has 0 aromatic carbocycles. The van der Waals surface area contributed by atoms with Crippen molar-refractivity contribution < 1.29 is 14.7 Å². The third kappa shape index (κ3) is 4.21. The molecule has 1 heterocycles. The van der Waals surface area contributed by atoms with Gasteiger partial charge < -0.3 is 15.3 Å². The van der Waals surface area contributed by atoms with E-state index in [1.807, 2.05) is 7.05 Å². The number of aliphatic hydroxyl groups excluding tert-OH is 1. The van der Waals surface area contributed by atoms with Gasteiger partial charge in [-0.25, -0.2) is 4.79 Å². The number of hydrogen-bond acceptors (Lipinski definition) is 5. The fourth-order valence-corrected chi connectivity index (χ4v) is 9.48. The smallest absolute Gasteiger partial charge is 0.393 e. The number of nitrogens with one attached hydrogen (secondary N) is 1. The van der Waals surface area contributed by atoms with E-state index in [9.17, 15) is 9.90 Å². The maximum Gasteiger partial charge on any atom is 0.435 e. The SMILES string of the molecule is C/C(=N\OC(=O)N(C)CC1CCCN1)[C@H]1CC[C@H]2[C@@H]3CC[C@H]4C[C@@H](O)CC[C@]4(C)[C@H]3CC[C@]12C. The van der Waals surface area contributed by atoms with E-state index in [0.29, 0.717) is 29.8 Å². The van der Waals surface area contributed by atoms with E-state index in [2.05, 4.69) is 31.2 Å². The van der Waals surface area contributed by atoms with Crippen LogP contribution in [-0.4, -0.2) is 54.1 Å². The van der Waals surface area contributed by atoms with Gasteiger partial charge in [0.1, 0.15) is 0 Å². The van der Waals surface area contributed by atoms with Crippen molar-refractivity contribution in [3.05, 3.63) is 0 Å². The van der Waals surface area contributed by atoms with E-state index in [-0.39, 0.29) is 17.6 Å². The quantitative estimate of drug-likeness (QED) is 0.334. The summed E-state index contributed by atoms with van der Waals surface area (Å²) in [6.45, 7) is 8.85. The summed E-state index contributed by atoms with van der Waals surface area (Å²) in [6.07, 6.45) is 12.7. The van der Waals surface area contributed by atoms with E-state index in [0.717, 1.165) is 55.7 Å². The highest BCUT2D eigenvalue weighted by atomic mass is 16.7. The van der Waals surface area contributed by atoms with Crippen LogP contribution >= 0.6 is 0 Å². The van der Waals surface area contributed by atoms with Gasteiger partial charge in [0.15, 0.2) is 0 Å². The number of aliphatic hydroxyl groups is 1. The summed E-state index contributed by atoms with van der Waals surface area (Å²) in [4.78, 5) is 19.6. The van der Waals surface area contributed by atoms with Gasteiger partial charge in [-0.1, -0.05) is 19.0 Å². The van der Waals surface area contributed by atoms with Gasteiger partial charge in [0, 0.05) is 25.6 Å². The van der Waals surface area contributed by atoms with Gasteiger partial charge in [-0.3, -0.25) is 4.84 Å². The summed E-state index contributed by atoms with van der Waals surface area (Å²) in [5, 5.41) is 18.1. The van der Waals surface area contributed by atoms with Crippen LogP contribution in [0.25, 0.3) is 0 Å². The van der Waals surface area contributed by atoms with Crippen molar-refractivity contribution in [2.24, 2.45) is 45.6 Å². The number of fused-ring (bicyclic) bond motifs is 5. The Balaban J connectivity index is 1.23. The second-order valence-electron chi connectivity index (χ2n) is 13.0. The van der Waals surface area contributed by atoms with Gasteiger partial charge in [0.25, 0.3) is 0 Å². The van der Waals surface area contributed by atoms with Gasteiger partial charge >= 0.3 is 6.09 Å². The molecular weight excluding hydrogens is 426 g/mol. The summed E-state index contributed by atoms with van der Waals surface area (Å²) in [6, 6.07) is 0.372. The molecule has 0 bridgehead atoms. The molecule has 0 aromatic rings. The molecule has 5 aliphatic rings. The van der Waals surface area contributed by atoms with Gasteiger partial charge in [-0.2, -0.15) is 0 Å². The Morgan fingerprint density at radius 1 is 1.06 bits per heavy atom. The largest absolute Gasteiger partial charge is 0.435 e. The monoisotopic (exact) mass is 473 g/mol. The topological polar surface area (TPSA) is 74.2 Å². The normalized spacial score (nSPS) is 46.4. The minimum Gasteiger partial charge on any atom is -0.393 e. The summed E-state index contributed by atoms with van der Waals surface area (Å²) in [5.74, 6) is 3.48. The first kappa shape index (κ1) is 24.5. The van der Waals surface area contributed by atoms with Crippen molar-refractivity contribution in [2.75, 3.05) is 20.1 Å². The van der Waals surface area contributed by atoms with Gasteiger partial charge in [0.2, 0.25) is 0 Å². The van der Waals surface area contributed by atoms with Crippen LogP contribution in [0.1, 0.15) is 91.4 Å². The molecule has 4 saturated carbocycles. The molecule has 6 nitrogen and oxygen atoms in total. The van der Waals surface area contributed by atoms with Gasteiger partial charge in [-0.15, -0.1) is 0 Å². The third-order valence-corrected chi connectivity index (χ3v) is 11.4. The van der Waals surface area contributed by atoms with E-state index in [1.54, 1.807) is 4.90 Å². The van der Waals surface area contributed by atoms with Crippen LogP contribution in [0.5, 0.6) is 0 Å². The van der Waals surface area contributed by atoms with E-state index in [4.69, 9.17) is 4.84 Å². The van der Waals surface area contributed by atoms with Crippen LogP contribution in [0.2, 0.25) is 0 Å². The summed E-state index contributed by atoms with van der Waals surface area (Å²) < 4.78 is 0. The number of oxime groups is 1. The molecule has 34 heavy (non-hydrogen) atoms. The highest BCUT2D eigenvalue weighted by Gasteiger charge is 2.60. The first-order chi connectivity index (χ1) is 16.2. The molecule has 192 valence electrons. The number of carbonyl (C=O) groups is 1. The average molecular weight is 474 g/mol. The molecular formula is C28H47N3O3. The Labute approximate surface area is 206 Å². The molecule has 1 amide bonds. The molecule has 6 heteroatoms. The lowest BCUT2D eigenvalue weighted by atomic mass is 9.44. The third-order valence-electron chi connectivity index (χ3n) is 11.4. The lowest BCUT2D eigenvalue weighted by Gasteiger charge is -2.61. The Bertz CT molecular complexity index is 796. The van der Waals surface area contributed by atoms with E-state index >= 15 is 0 Å². The molecule has 0 spiro atoms. The summed E-state index contributed by atoms with van der Waals surface area (Å²) in [7, 11) is 1.81. The minimum atomic E-state index is -0.345. The molecule has 2 N–H and O–H groups in total. The molecule has 0 aromatic heterocycles. The van der Waals surface area contributed by atoms with Crippen molar-refractivity contribution >= 4 is 11.8 Å². The Hall–Kier alpha value is -1.14. The van der Waals surface area contributed by atoms with Gasteiger partial charge in [-0.05, 0) is 119 Å². The molecule has 5 rings (SSSR count). The molecule has 4 aliphatic carbocycles. The Kier molecular flexibility index (Phi) is 6.78. The van der Waals surface area contributed by atoms with Crippen LogP contribution in [-0.2, 0) is 4.84 Å². The molecule has 9 atom stereocenters. The van der Waals surface area contributed by atoms with Crippen LogP contribution in [0.3, 0.4) is 0 Å². The highest BCUT2D eigenvalue weighted by Crippen LogP contribution is 2.67. The maximum atomic E-state index is 12.5. The molecule has 1 saturated heterocycles. The highest BCUT2D eigenvalue weighted by molar-refractivity contribution is 5.85. The Morgan fingerprint density at radius 2 is 1.82 bits per heavy atom. The second kappa shape index (κ2) is 9.38. The second-order valence-corrected chi connectivity index (χ2v) is 13.0. The van der Waals surface area contributed by atoms with Crippen molar-refractivity contribution in [1.82, 2.24) is 10.2 Å². The standard InChI is InChI=1S/C28H47N3O3/c1-18(30-34-26(33)31(4)17-20-6-5-15-29-20)23-9-10-24-22-8-7-19-16-21(32)11-13-27(19,2)25(22)12-14-28(23,24)3/h19-25,29,32H,5-17H2,1-4H3/b30-18+/t19-,20?,21-,22-,23+,24-,25-,27-,28+/m0/s1. The van der Waals surface area contributed by atoms with Crippen molar-refractivity contribution in [3.8, 4) is 0 Å².